The van der Waals surface area contributed by atoms with Crippen LogP contribution in [0.2, 0.25) is 0 Å². The first-order valence-corrected chi connectivity index (χ1v) is 6.83. The summed E-state index contributed by atoms with van der Waals surface area (Å²) in [6, 6.07) is 15.6. The summed E-state index contributed by atoms with van der Waals surface area (Å²) >= 11 is 0. The molecule has 0 radical (unpaired) electrons. The molecule has 0 amide bonds. The fraction of sp³-hybridized carbons (Fsp3) is 0.235. The van der Waals surface area contributed by atoms with Gasteiger partial charge in [-0.25, -0.2) is 4.79 Å². The van der Waals surface area contributed by atoms with Crippen LogP contribution in [0.5, 0.6) is 5.75 Å². The monoisotopic (exact) mass is 285 g/mol. The van der Waals surface area contributed by atoms with E-state index < -0.39 is 11.6 Å². The van der Waals surface area contributed by atoms with Gasteiger partial charge >= 0.3 is 5.97 Å². The average Bonchev–Trinajstić information content (AvgIpc) is 2.48. The first-order chi connectivity index (χ1) is 10.0. The Morgan fingerprint density at radius 2 is 1.76 bits per heavy atom. The van der Waals surface area contributed by atoms with Crippen LogP contribution in [-0.2, 0) is 5.60 Å². The van der Waals surface area contributed by atoms with E-state index in [2.05, 4.69) is 0 Å². The van der Waals surface area contributed by atoms with Gasteiger partial charge in [-0.2, -0.15) is 0 Å². The Hall–Kier alpha value is -2.17. The van der Waals surface area contributed by atoms with Crippen molar-refractivity contribution in [2.75, 3.05) is 6.54 Å². The molecule has 4 heteroatoms. The number of aliphatic hydroxyl groups is 1. The van der Waals surface area contributed by atoms with Gasteiger partial charge in [0.25, 0.3) is 0 Å². The molecule has 1 unspecified atom stereocenters. The Labute approximate surface area is 124 Å². The molecular weight excluding hydrogens is 266 g/mol. The molecule has 2 aromatic rings. The molecule has 0 bridgehead atoms. The SMILES string of the molecule is CC(O)(CCN)c1ccc(OC(=O)c2ccccc2)cc1. The minimum Gasteiger partial charge on any atom is -0.423 e. The summed E-state index contributed by atoms with van der Waals surface area (Å²) in [6.07, 6.45) is 0.468. The predicted octanol–water partition coefficient (Wildman–Crippen LogP) is 2.46. The lowest BCUT2D eigenvalue weighted by Gasteiger charge is -2.23. The largest absolute Gasteiger partial charge is 0.423 e. The number of benzene rings is 2. The van der Waals surface area contributed by atoms with Crippen molar-refractivity contribution < 1.29 is 14.6 Å². The maximum absolute atomic E-state index is 11.9. The van der Waals surface area contributed by atoms with Gasteiger partial charge in [0.15, 0.2) is 0 Å². The first-order valence-electron chi connectivity index (χ1n) is 6.83. The van der Waals surface area contributed by atoms with Gasteiger partial charge in [-0.1, -0.05) is 30.3 Å². The summed E-state index contributed by atoms with van der Waals surface area (Å²) in [5.41, 5.74) is 5.75. The molecule has 1 atom stereocenters. The number of rotatable bonds is 5. The number of carbonyl (C=O) groups is 1. The van der Waals surface area contributed by atoms with E-state index in [4.69, 9.17) is 10.5 Å². The second-order valence-corrected chi connectivity index (χ2v) is 5.09. The van der Waals surface area contributed by atoms with Crippen LogP contribution in [0.15, 0.2) is 54.6 Å². The molecule has 0 aliphatic rings. The molecule has 0 fully saturated rings. The molecule has 0 aromatic heterocycles. The summed E-state index contributed by atoms with van der Waals surface area (Å²) in [4.78, 5) is 11.9. The minimum atomic E-state index is -0.975. The molecule has 21 heavy (non-hydrogen) atoms. The summed E-state index contributed by atoms with van der Waals surface area (Å²) in [5.74, 6) is 0.0354. The zero-order valence-corrected chi connectivity index (χ0v) is 12.0. The van der Waals surface area contributed by atoms with E-state index in [1.165, 1.54) is 0 Å². The van der Waals surface area contributed by atoms with Crippen LogP contribution in [0.25, 0.3) is 0 Å². The maximum Gasteiger partial charge on any atom is 0.343 e. The third-order valence-electron chi connectivity index (χ3n) is 3.33. The molecule has 2 aromatic carbocycles. The zero-order valence-electron chi connectivity index (χ0n) is 12.0. The van der Waals surface area contributed by atoms with Crippen LogP contribution in [0.4, 0.5) is 0 Å². The Morgan fingerprint density at radius 1 is 1.14 bits per heavy atom. The Kier molecular flexibility index (Phi) is 4.73. The lowest BCUT2D eigenvalue weighted by Crippen LogP contribution is -2.24. The van der Waals surface area contributed by atoms with Crippen molar-refractivity contribution in [3.8, 4) is 5.75 Å². The fourth-order valence-electron chi connectivity index (χ4n) is 2.05. The highest BCUT2D eigenvalue weighted by atomic mass is 16.5. The van der Waals surface area contributed by atoms with Gasteiger partial charge in [-0.05, 0) is 49.7 Å². The lowest BCUT2D eigenvalue weighted by molar-refractivity contribution is 0.0504. The highest BCUT2D eigenvalue weighted by Gasteiger charge is 2.21. The molecule has 0 heterocycles. The topological polar surface area (TPSA) is 72.6 Å². The van der Waals surface area contributed by atoms with Crippen molar-refractivity contribution in [3.05, 3.63) is 65.7 Å². The molecule has 2 rings (SSSR count). The van der Waals surface area contributed by atoms with Crippen LogP contribution in [0, 0.1) is 0 Å². The van der Waals surface area contributed by atoms with Gasteiger partial charge < -0.3 is 15.6 Å². The molecule has 0 spiro atoms. The normalized spacial score (nSPS) is 13.5. The highest BCUT2D eigenvalue weighted by Crippen LogP contribution is 2.26. The van der Waals surface area contributed by atoms with E-state index in [1.54, 1.807) is 55.5 Å². The summed E-state index contributed by atoms with van der Waals surface area (Å²) < 4.78 is 5.28. The smallest absolute Gasteiger partial charge is 0.343 e. The van der Waals surface area contributed by atoms with Crippen molar-refractivity contribution in [1.82, 2.24) is 0 Å². The number of carbonyl (C=O) groups excluding carboxylic acids is 1. The summed E-state index contributed by atoms with van der Waals surface area (Å²) in [5, 5.41) is 10.2. The van der Waals surface area contributed by atoms with Crippen molar-refractivity contribution in [1.29, 1.82) is 0 Å². The maximum atomic E-state index is 11.9. The number of esters is 1. The third-order valence-corrected chi connectivity index (χ3v) is 3.33. The molecular formula is C17H19NO3. The van der Waals surface area contributed by atoms with E-state index >= 15 is 0 Å². The number of ether oxygens (including phenoxy) is 1. The van der Waals surface area contributed by atoms with Gasteiger partial charge in [0.05, 0.1) is 11.2 Å². The minimum absolute atomic E-state index is 0.401. The Balaban J connectivity index is 2.08. The van der Waals surface area contributed by atoms with Crippen LogP contribution in [-0.4, -0.2) is 17.6 Å². The molecule has 0 aliphatic heterocycles. The third kappa shape index (κ3) is 3.90. The summed E-state index contributed by atoms with van der Waals surface area (Å²) in [6.45, 7) is 2.11. The second-order valence-electron chi connectivity index (χ2n) is 5.09. The quantitative estimate of drug-likeness (QED) is 0.654. The van der Waals surface area contributed by atoms with E-state index in [9.17, 15) is 9.90 Å². The first kappa shape index (κ1) is 15.2. The van der Waals surface area contributed by atoms with Crippen LogP contribution >= 0.6 is 0 Å². The molecule has 0 saturated heterocycles. The van der Waals surface area contributed by atoms with E-state index in [1.807, 2.05) is 6.07 Å². The van der Waals surface area contributed by atoms with Crippen molar-refractivity contribution in [2.24, 2.45) is 5.73 Å². The molecule has 110 valence electrons. The van der Waals surface area contributed by atoms with E-state index in [-0.39, 0.29) is 0 Å². The zero-order chi connectivity index (χ0) is 15.3. The molecule has 0 aliphatic carbocycles. The average molecular weight is 285 g/mol. The van der Waals surface area contributed by atoms with Crippen LogP contribution in [0.1, 0.15) is 29.3 Å². The molecule has 0 saturated carbocycles. The second kappa shape index (κ2) is 6.52. The van der Waals surface area contributed by atoms with Crippen molar-refractivity contribution in [3.63, 3.8) is 0 Å². The van der Waals surface area contributed by atoms with Gasteiger partial charge in [-0.3, -0.25) is 0 Å². The molecule has 4 nitrogen and oxygen atoms in total. The highest BCUT2D eigenvalue weighted by molar-refractivity contribution is 5.90. The number of nitrogens with two attached hydrogens (primary N) is 1. The van der Waals surface area contributed by atoms with Crippen molar-refractivity contribution >= 4 is 5.97 Å². The predicted molar refractivity (Wildman–Crippen MR) is 81.1 cm³/mol. The Morgan fingerprint density at radius 3 is 2.33 bits per heavy atom. The number of hydrogen-bond donors (Lipinski definition) is 2. The van der Waals surface area contributed by atoms with Crippen molar-refractivity contribution in [2.45, 2.75) is 18.9 Å². The van der Waals surface area contributed by atoms with Gasteiger partial charge in [-0.15, -0.1) is 0 Å². The standard InChI is InChI=1S/C17H19NO3/c1-17(20,11-12-18)14-7-9-15(10-8-14)21-16(19)13-5-3-2-4-6-13/h2-10,20H,11-12,18H2,1H3. The van der Waals surface area contributed by atoms with Gasteiger partial charge in [0.1, 0.15) is 5.75 Å². The van der Waals surface area contributed by atoms with Crippen LogP contribution < -0.4 is 10.5 Å². The summed E-state index contributed by atoms with van der Waals surface area (Å²) in [7, 11) is 0. The van der Waals surface area contributed by atoms with E-state index in [0.29, 0.717) is 24.3 Å². The molecule has 3 N–H and O–H groups in total. The van der Waals surface area contributed by atoms with E-state index in [0.717, 1.165) is 5.56 Å². The van der Waals surface area contributed by atoms with Gasteiger partial charge in [0, 0.05) is 0 Å². The fourth-order valence-corrected chi connectivity index (χ4v) is 2.05. The van der Waals surface area contributed by atoms with Gasteiger partial charge in [0.2, 0.25) is 0 Å². The number of hydrogen-bond acceptors (Lipinski definition) is 4. The Bertz CT molecular complexity index is 591. The van der Waals surface area contributed by atoms with Crippen LogP contribution in [0.3, 0.4) is 0 Å². The lowest BCUT2D eigenvalue weighted by atomic mass is 9.93.